The van der Waals surface area contributed by atoms with Crippen molar-refractivity contribution in [2.24, 2.45) is 0 Å². The molecule has 0 radical (unpaired) electrons. The minimum absolute atomic E-state index is 0.00577. The summed E-state index contributed by atoms with van der Waals surface area (Å²) < 4.78 is 115. The third-order valence-electron chi connectivity index (χ3n) is 8.90. The van der Waals surface area contributed by atoms with Gasteiger partial charge in [-0.15, -0.1) is 0 Å². The van der Waals surface area contributed by atoms with Crippen LogP contribution in [0.5, 0.6) is 11.5 Å². The van der Waals surface area contributed by atoms with Crippen LogP contribution in [0.3, 0.4) is 0 Å². The second kappa shape index (κ2) is 20.3. The number of amides is 1. The van der Waals surface area contributed by atoms with E-state index in [4.69, 9.17) is 23.3 Å². The van der Waals surface area contributed by atoms with E-state index in [1.807, 2.05) is 93.0 Å². The molecule has 4 aromatic carbocycles. The predicted octanol–water partition coefficient (Wildman–Crippen LogP) is 10.1. The van der Waals surface area contributed by atoms with Crippen molar-refractivity contribution in [3.8, 4) is 17.6 Å². The van der Waals surface area contributed by atoms with E-state index >= 15 is 0 Å². The Labute approximate surface area is 335 Å². The zero-order valence-electron chi connectivity index (χ0n) is 32.9. The van der Waals surface area contributed by atoms with Crippen molar-refractivity contribution >= 4 is 14.4 Å². The number of nitrogens with zero attached hydrogens (tertiary/aromatic N) is 2. The van der Waals surface area contributed by atoms with Crippen LogP contribution in [0.25, 0.3) is 0 Å². The van der Waals surface area contributed by atoms with Crippen molar-refractivity contribution in [2.45, 2.75) is 70.3 Å². The molecule has 4 rings (SSSR count). The van der Waals surface area contributed by atoms with E-state index in [-0.39, 0.29) is 37.8 Å². The Hall–Kier alpha value is -4.71. The normalized spacial score (nSPS) is 13.3. The van der Waals surface area contributed by atoms with Crippen molar-refractivity contribution in [3.05, 3.63) is 130 Å². The fraction of sp³-hybridized carbons (Fsp3) is 0.381. The van der Waals surface area contributed by atoms with Gasteiger partial charge in [-0.2, -0.15) is 31.6 Å². The number of nitrogens with one attached hydrogen (secondary N) is 1. The summed E-state index contributed by atoms with van der Waals surface area (Å²) in [4.78, 5) is 13.5. The van der Waals surface area contributed by atoms with Gasteiger partial charge in [-0.05, 0) is 86.8 Å². The Morgan fingerprint density at radius 1 is 0.741 bits per heavy atom. The fourth-order valence-electron chi connectivity index (χ4n) is 6.24. The van der Waals surface area contributed by atoms with Gasteiger partial charge >= 0.3 is 12.4 Å². The molecule has 1 N–H and O–H groups in total. The molecule has 1 amide bonds. The van der Waals surface area contributed by atoms with Gasteiger partial charge in [0.15, 0.2) is 0 Å². The largest absolute Gasteiger partial charge is 0.497 e. The quantitative estimate of drug-likeness (QED) is 0.0431. The van der Waals surface area contributed by atoms with Gasteiger partial charge in [-0.25, -0.2) is 4.67 Å². The lowest BCUT2D eigenvalue weighted by Crippen LogP contribution is -2.42. The molecule has 0 saturated carbocycles. The van der Waals surface area contributed by atoms with Gasteiger partial charge < -0.3 is 28.6 Å². The molecule has 2 atom stereocenters. The molecule has 0 aromatic heterocycles. The number of hydrogen-bond donors (Lipinski definition) is 1. The molecule has 0 saturated heterocycles. The van der Waals surface area contributed by atoms with E-state index in [1.54, 1.807) is 24.3 Å². The van der Waals surface area contributed by atoms with Crippen molar-refractivity contribution in [2.75, 3.05) is 34.0 Å². The number of carbonyl (C=O) groups is 1. The topological polar surface area (TPSA) is 102 Å². The zero-order chi connectivity index (χ0) is 42.7. The molecule has 0 spiro atoms. The number of alkyl halides is 6. The van der Waals surface area contributed by atoms with Crippen LogP contribution >= 0.6 is 8.53 Å². The van der Waals surface area contributed by atoms with Crippen LogP contribution in [0.15, 0.2) is 97.1 Å². The molecule has 0 aliphatic rings. The van der Waals surface area contributed by atoms with E-state index in [9.17, 15) is 36.4 Å². The molecule has 16 heteroatoms. The third kappa shape index (κ3) is 11.7. The fourth-order valence-corrected chi connectivity index (χ4v) is 7.93. The molecule has 4 aromatic rings. The number of hydrogen-bond acceptors (Lipinski definition) is 8. The van der Waals surface area contributed by atoms with Crippen molar-refractivity contribution < 1.29 is 54.4 Å². The third-order valence-corrected chi connectivity index (χ3v) is 11.1. The van der Waals surface area contributed by atoms with Gasteiger partial charge in [-0.1, -0.05) is 54.6 Å². The number of nitriles is 1. The smallest absolute Gasteiger partial charge is 0.416 e. The predicted molar refractivity (Wildman–Crippen MR) is 207 cm³/mol. The summed E-state index contributed by atoms with van der Waals surface area (Å²) in [5.41, 5.74) is -3.47. The van der Waals surface area contributed by atoms with E-state index in [0.717, 1.165) is 0 Å². The summed E-state index contributed by atoms with van der Waals surface area (Å²) in [6, 6.07) is 26.1. The van der Waals surface area contributed by atoms with Crippen LogP contribution in [0.4, 0.5) is 26.3 Å². The first-order chi connectivity index (χ1) is 27.4. The van der Waals surface area contributed by atoms with E-state index in [1.165, 1.54) is 14.2 Å². The average molecular weight is 834 g/mol. The Kier molecular flexibility index (Phi) is 16.1. The first-order valence-electron chi connectivity index (χ1n) is 18.3. The van der Waals surface area contributed by atoms with Crippen LogP contribution in [0.1, 0.15) is 72.3 Å². The molecule has 9 nitrogen and oxygen atoms in total. The van der Waals surface area contributed by atoms with Crippen LogP contribution in [0.2, 0.25) is 0 Å². The molecule has 0 aliphatic carbocycles. The summed E-state index contributed by atoms with van der Waals surface area (Å²) in [5.74, 6) is -0.0466. The van der Waals surface area contributed by atoms with Gasteiger partial charge in [0.2, 0.25) is 0 Å². The SMILES string of the molecule is COc1ccc(C(OC[C@H](CNC(=O)c2cc(C(F)(F)F)cc(C(F)(F)F)c2)OP(OCCC#N)N(C(C)C)C(C)C)(c2ccccc2)c2ccc(OC)cc2)cc1. The van der Waals surface area contributed by atoms with Crippen molar-refractivity contribution in [1.82, 2.24) is 9.99 Å². The van der Waals surface area contributed by atoms with Gasteiger partial charge in [0.25, 0.3) is 14.4 Å². The minimum atomic E-state index is -5.16. The molecular formula is C42H46F6N3O6P. The summed E-state index contributed by atoms with van der Waals surface area (Å²) in [6.07, 6.45) is -11.4. The monoisotopic (exact) mass is 833 g/mol. The number of ether oxygens (including phenoxy) is 3. The minimum Gasteiger partial charge on any atom is -0.497 e. The maximum Gasteiger partial charge on any atom is 0.416 e. The number of benzene rings is 4. The summed E-state index contributed by atoms with van der Waals surface area (Å²) >= 11 is 0. The highest BCUT2D eigenvalue weighted by molar-refractivity contribution is 7.44. The molecule has 0 heterocycles. The van der Waals surface area contributed by atoms with Crippen LogP contribution in [-0.4, -0.2) is 62.7 Å². The molecular weight excluding hydrogens is 787 g/mol. The molecule has 0 fully saturated rings. The standard InChI is InChI=1S/C42H46F6N3O6P/c1-28(2)51(29(3)4)58(56-22-10-21-49)57-38(26-50-39(52)30-23-34(41(43,44)45)25-35(24-30)42(46,47)48)27-55-40(31-11-8-7-9-12-31,32-13-17-36(53-5)18-14-32)33-15-19-37(54-6)20-16-33/h7-9,11-20,23-25,28-29,38H,10,22,26-27H2,1-6H3,(H,50,52)/t38-,58?/m0/s1. The molecule has 312 valence electrons. The first kappa shape index (κ1) is 46.0. The van der Waals surface area contributed by atoms with Crippen molar-refractivity contribution in [3.63, 3.8) is 0 Å². The first-order valence-corrected chi connectivity index (χ1v) is 19.4. The Morgan fingerprint density at radius 3 is 1.66 bits per heavy atom. The van der Waals surface area contributed by atoms with Gasteiger partial charge in [0.05, 0.1) is 51.1 Å². The Balaban J connectivity index is 1.84. The maximum atomic E-state index is 13.7. The van der Waals surface area contributed by atoms with Crippen LogP contribution in [0, 0.1) is 11.3 Å². The van der Waals surface area contributed by atoms with Gasteiger partial charge in [0, 0.05) is 24.2 Å². The number of rotatable bonds is 19. The van der Waals surface area contributed by atoms with Crippen molar-refractivity contribution in [1.29, 1.82) is 5.26 Å². The molecule has 1 unspecified atom stereocenters. The second-order valence-corrected chi connectivity index (χ2v) is 15.0. The average Bonchev–Trinajstić information content (AvgIpc) is 3.19. The second-order valence-electron chi connectivity index (χ2n) is 13.6. The highest BCUT2D eigenvalue weighted by Crippen LogP contribution is 2.48. The zero-order valence-corrected chi connectivity index (χ0v) is 33.8. The molecule has 0 aliphatic heterocycles. The number of carbonyl (C=O) groups excluding carboxylic acids is 1. The highest BCUT2D eigenvalue weighted by Gasteiger charge is 2.41. The van der Waals surface area contributed by atoms with Gasteiger partial charge in [0.1, 0.15) is 23.2 Å². The van der Waals surface area contributed by atoms with E-state index in [2.05, 4.69) is 5.32 Å². The number of halogens is 6. The Bertz CT molecular complexity index is 1870. The summed E-state index contributed by atoms with van der Waals surface area (Å²) in [6.45, 7) is 6.93. The molecule has 58 heavy (non-hydrogen) atoms. The van der Waals surface area contributed by atoms with Crippen LogP contribution < -0.4 is 14.8 Å². The Morgan fingerprint density at radius 2 is 1.22 bits per heavy atom. The van der Waals surface area contributed by atoms with E-state index in [0.29, 0.717) is 40.3 Å². The number of methoxy groups -OCH3 is 2. The lowest BCUT2D eigenvalue weighted by atomic mass is 9.80. The molecule has 0 bridgehead atoms. The van der Waals surface area contributed by atoms with Gasteiger partial charge in [-0.3, -0.25) is 4.79 Å². The van der Waals surface area contributed by atoms with E-state index < -0.39 is 61.7 Å². The maximum absolute atomic E-state index is 13.7. The summed E-state index contributed by atoms with van der Waals surface area (Å²) in [7, 11) is 1.09. The van der Waals surface area contributed by atoms with Crippen LogP contribution in [-0.2, 0) is 31.7 Å². The highest BCUT2D eigenvalue weighted by atomic mass is 31.2. The lowest BCUT2D eigenvalue weighted by molar-refractivity contribution is -0.143. The lowest BCUT2D eigenvalue weighted by Gasteiger charge is -2.39. The summed E-state index contributed by atoms with van der Waals surface area (Å²) in [5, 5.41) is 11.8.